The van der Waals surface area contributed by atoms with E-state index in [2.05, 4.69) is 9.72 Å². The lowest BCUT2D eigenvalue weighted by Gasteiger charge is -2.09. The number of alkyl halides is 2. The molecule has 0 spiro atoms. The van der Waals surface area contributed by atoms with Crippen LogP contribution in [0.5, 0.6) is 5.75 Å². The number of hydrogen-bond acceptors (Lipinski definition) is 4. The number of carbonyl (C=O) groups is 1. The van der Waals surface area contributed by atoms with E-state index in [4.69, 9.17) is 16.3 Å². The number of hydrogen-bond donors (Lipinski definition) is 0. The Kier molecular flexibility index (Phi) is 4.00. The Morgan fingerprint density at radius 2 is 2.12 bits per heavy atom. The number of rotatable bonds is 3. The molecule has 0 saturated carbocycles. The average Bonchev–Trinajstić information content (AvgIpc) is 2.28. The minimum atomic E-state index is -2.82. The topological polar surface area (TPSA) is 48.4 Å². The van der Waals surface area contributed by atoms with Crippen LogP contribution in [-0.2, 0) is 4.74 Å². The van der Waals surface area contributed by atoms with Gasteiger partial charge in [-0.05, 0) is 0 Å². The SMILES string of the molecule is COC(=O)c1nc(C(F)F)cc(OC)c1Cl. The summed E-state index contributed by atoms with van der Waals surface area (Å²) in [6.07, 6.45) is -2.82. The van der Waals surface area contributed by atoms with Crippen LogP contribution in [0.4, 0.5) is 8.78 Å². The van der Waals surface area contributed by atoms with Crippen LogP contribution in [0.3, 0.4) is 0 Å². The van der Waals surface area contributed by atoms with Gasteiger partial charge >= 0.3 is 5.97 Å². The van der Waals surface area contributed by atoms with Crippen LogP contribution in [0.2, 0.25) is 5.02 Å². The monoisotopic (exact) mass is 251 g/mol. The van der Waals surface area contributed by atoms with E-state index < -0.39 is 18.1 Å². The molecule has 88 valence electrons. The first-order valence-corrected chi connectivity index (χ1v) is 4.50. The van der Waals surface area contributed by atoms with Crippen molar-refractivity contribution in [2.75, 3.05) is 14.2 Å². The zero-order valence-electron chi connectivity index (χ0n) is 8.46. The standard InChI is InChI=1S/C9H8ClF2NO3/c1-15-5-3-4(8(11)12)13-7(6(5)10)9(14)16-2/h3,8H,1-2H3. The summed E-state index contributed by atoms with van der Waals surface area (Å²) in [6, 6.07) is 0.972. The highest BCUT2D eigenvalue weighted by Crippen LogP contribution is 2.31. The second kappa shape index (κ2) is 5.07. The highest BCUT2D eigenvalue weighted by molar-refractivity contribution is 6.34. The predicted octanol–water partition coefficient (Wildman–Crippen LogP) is 2.47. The van der Waals surface area contributed by atoms with Gasteiger partial charge in [0.1, 0.15) is 16.5 Å². The molecule has 7 heteroatoms. The van der Waals surface area contributed by atoms with Gasteiger partial charge in [0.05, 0.1) is 14.2 Å². The number of nitrogens with zero attached hydrogens (tertiary/aromatic N) is 1. The zero-order valence-corrected chi connectivity index (χ0v) is 9.22. The Balaban J connectivity index is 3.35. The summed E-state index contributed by atoms with van der Waals surface area (Å²) in [5.74, 6) is -0.946. The van der Waals surface area contributed by atoms with E-state index in [1.165, 1.54) is 7.11 Å². The Hall–Kier alpha value is -1.43. The number of halogens is 3. The van der Waals surface area contributed by atoms with Gasteiger partial charge in [-0.1, -0.05) is 11.6 Å². The molecule has 1 rings (SSSR count). The number of esters is 1. The summed E-state index contributed by atoms with van der Waals surface area (Å²) in [5.41, 5.74) is -0.986. The molecule has 0 N–H and O–H groups in total. The van der Waals surface area contributed by atoms with Crippen molar-refractivity contribution in [2.45, 2.75) is 6.43 Å². The van der Waals surface area contributed by atoms with Gasteiger partial charge in [0.2, 0.25) is 0 Å². The molecule has 1 aromatic heterocycles. The maximum atomic E-state index is 12.4. The van der Waals surface area contributed by atoms with Gasteiger partial charge in [0.15, 0.2) is 5.69 Å². The highest BCUT2D eigenvalue weighted by Gasteiger charge is 2.21. The molecule has 0 saturated heterocycles. The van der Waals surface area contributed by atoms with Crippen LogP contribution in [0.1, 0.15) is 22.6 Å². The fourth-order valence-electron chi connectivity index (χ4n) is 1.02. The number of ether oxygens (including phenoxy) is 2. The lowest BCUT2D eigenvalue weighted by molar-refractivity contribution is 0.0592. The second-order valence-electron chi connectivity index (χ2n) is 2.70. The van der Waals surface area contributed by atoms with E-state index in [1.54, 1.807) is 0 Å². The van der Waals surface area contributed by atoms with Crippen molar-refractivity contribution in [1.82, 2.24) is 4.98 Å². The second-order valence-corrected chi connectivity index (χ2v) is 3.08. The van der Waals surface area contributed by atoms with Gasteiger partial charge in [-0.15, -0.1) is 0 Å². The zero-order chi connectivity index (χ0) is 12.3. The molecule has 16 heavy (non-hydrogen) atoms. The van der Waals surface area contributed by atoms with Crippen LogP contribution in [0.15, 0.2) is 6.07 Å². The van der Waals surface area contributed by atoms with Crippen LogP contribution >= 0.6 is 11.6 Å². The minimum Gasteiger partial charge on any atom is -0.495 e. The van der Waals surface area contributed by atoms with Crippen LogP contribution < -0.4 is 4.74 Å². The molecule has 0 bridgehead atoms. The summed E-state index contributed by atoms with van der Waals surface area (Å²) < 4.78 is 34.0. The van der Waals surface area contributed by atoms with E-state index in [9.17, 15) is 13.6 Å². The summed E-state index contributed by atoms with van der Waals surface area (Å²) >= 11 is 5.73. The molecule has 1 aromatic rings. The quantitative estimate of drug-likeness (QED) is 0.775. The Morgan fingerprint density at radius 3 is 2.56 bits per heavy atom. The molecule has 0 fully saturated rings. The normalized spacial score (nSPS) is 10.4. The van der Waals surface area contributed by atoms with Crippen LogP contribution in [0.25, 0.3) is 0 Å². The summed E-state index contributed by atoms with van der Waals surface area (Å²) in [7, 11) is 2.35. The molecule has 0 atom stereocenters. The van der Waals surface area contributed by atoms with E-state index >= 15 is 0 Å². The first-order valence-electron chi connectivity index (χ1n) is 4.12. The number of aromatic nitrogens is 1. The lowest BCUT2D eigenvalue weighted by Crippen LogP contribution is -2.08. The Morgan fingerprint density at radius 1 is 1.50 bits per heavy atom. The molecule has 0 unspecified atom stereocenters. The fraction of sp³-hybridized carbons (Fsp3) is 0.333. The molecule has 1 heterocycles. The van der Waals surface area contributed by atoms with Gasteiger partial charge < -0.3 is 9.47 Å². The van der Waals surface area contributed by atoms with Crippen LogP contribution in [0, 0.1) is 0 Å². The third kappa shape index (κ3) is 2.38. The fourth-order valence-corrected chi connectivity index (χ4v) is 1.27. The van der Waals surface area contributed by atoms with Gasteiger partial charge in [0, 0.05) is 6.07 Å². The number of methoxy groups -OCH3 is 2. The smallest absolute Gasteiger partial charge is 0.358 e. The van der Waals surface area contributed by atoms with Crippen LogP contribution in [-0.4, -0.2) is 25.2 Å². The van der Waals surface area contributed by atoms with Crippen molar-refractivity contribution >= 4 is 17.6 Å². The maximum Gasteiger partial charge on any atom is 0.358 e. The minimum absolute atomic E-state index is 0.0487. The van der Waals surface area contributed by atoms with Gasteiger partial charge in [0.25, 0.3) is 6.43 Å². The van der Waals surface area contributed by atoms with Crippen molar-refractivity contribution in [1.29, 1.82) is 0 Å². The number of carbonyl (C=O) groups excluding carboxylic acids is 1. The molecule has 4 nitrogen and oxygen atoms in total. The van der Waals surface area contributed by atoms with Crippen molar-refractivity contribution < 1.29 is 23.0 Å². The molecule has 0 aliphatic heterocycles. The van der Waals surface area contributed by atoms with E-state index in [-0.39, 0.29) is 16.5 Å². The lowest BCUT2D eigenvalue weighted by atomic mass is 10.2. The van der Waals surface area contributed by atoms with Crippen molar-refractivity contribution in [3.63, 3.8) is 0 Å². The molecular formula is C9H8ClF2NO3. The maximum absolute atomic E-state index is 12.4. The highest BCUT2D eigenvalue weighted by atomic mass is 35.5. The molecule has 0 radical (unpaired) electrons. The van der Waals surface area contributed by atoms with Crippen molar-refractivity contribution in [3.8, 4) is 5.75 Å². The first-order chi connectivity index (χ1) is 7.51. The third-order valence-electron chi connectivity index (χ3n) is 1.77. The van der Waals surface area contributed by atoms with Gasteiger partial charge in [-0.3, -0.25) is 0 Å². The number of pyridine rings is 1. The largest absolute Gasteiger partial charge is 0.495 e. The third-order valence-corrected chi connectivity index (χ3v) is 2.13. The Labute approximate surface area is 95.1 Å². The summed E-state index contributed by atoms with van der Waals surface area (Å²) in [5, 5.41) is -0.154. The van der Waals surface area contributed by atoms with Crippen molar-refractivity contribution in [3.05, 3.63) is 22.5 Å². The predicted molar refractivity (Wildman–Crippen MR) is 52.1 cm³/mol. The molecular weight excluding hydrogens is 244 g/mol. The molecule has 0 aliphatic rings. The molecule has 0 aliphatic carbocycles. The first kappa shape index (κ1) is 12.6. The van der Waals surface area contributed by atoms with Gasteiger partial charge in [-0.25, -0.2) is 18.6 Å². The van der Waals surface area contributed by atoms with E-state index in [0.29, 0.717) is 0 Å². The summed E-state index contributed by atoms with van der Waals surface area (Å²) in [6.45, 7) is 0. The summed E-state index contributed by atoms with van der Waals surface area (Å²) in [4.78, 5) is 14.6. The van der Waals surface area contributed by atoms with Gasteiger partial charge in [-0.2, -0.15) is 0 Å². The molecule has 0 amide bonds. The average molecular weight is 252 g/mol. The Bertz CT molecular complexity index is 412. The van der Waals surface area contributed by atoms with E-state index in [0.717, 1.165) is 13.2 Å². The van der Waals surface area contributed by atoms with E-state index in [1.807, 2.05) is 0 Å². The molecule has 0 aromatic carbocycles. The van der Waals surface area contributed by atoms with Crippen molar-refractivity contribution in [2.24, 2.45) is 0 Å².